The number of pyridine rings is 2. The molecule has 10 rings (SSSR count). The number of thiazole rings is 2. The molecule has 75 heavy (non-hydrogen) atoms. The molecule has 4 aliphatic heterocycles. The lowest BCUT2D eigenvalue weighted by Gasteiger charge is -2.22. The Hall–Kier alpha value is -6.43. The molecule has 10 heterocycles. The van der Waals surface area contributed by atoms with Gasteiger partial charge >= 0.3 is 0 Å². The number of carbonyl (C=O) groups excluding carboxylic acids is 6. The van der Waals surface area contributed by atoms with Crippen LogP contribution < -0.4 is 16.0 Å². The maximum atomic E-state index is 13.2. The van der Waals surface area contributed by atoms with Crippen LogP contribution in [0.1, 0.15) is 143 Å². The lowest BCUT2D eigenvalue weighted by molar-refractivity contribution is -0.129. The molecular weight excluding hydrogens is 1020 g/mol. The first-order chi connectivity index (χ1) is 36.4. The van der Waals surface area contributed by atoms with Gasteiger partial charge in [-0.25, -0.2) is 9.97 Å². The minimum absolute atomic E-state index is 0.0179. The molecule has 4 aliphatic rings. The Morgan fingerprint density at radius 3 is 1.53 bits per heavy atom. The standard InChI is InChI=1S/C26H30N6O4S.C24H28N6O3S.C2H3ClO/c1-17(33)31-10-2-4-19-14-18(6-9-27-19)26-29-22(16-37-26)25(35)28-21-15-32(20-7-12-36-13-8-20)30-24(21)23(34)5-3-11-31;31-21-4-2-9-25-8-1-3-17-13-16(5-10-26-17)24-28-20(15-34-24)23(32)27-19-14-30(29-22(19)21)18-6-11-33-12-7-18;1-2(3)4/h6,9,14-16,20H,2-5,7-8,10-13H2,1H3,(H,28,35);5,10,13-15,18,25H,1-4,6-9,11-12H2,(H,27,32);1H3. The van der Waals surface area contributed by atoms with Crippen molar-refractivity contribution in [3.05, 3.63) is 94.0 Å². The number of aromatic nitrogens is 8. The summed E-state index contributed by atoms with van der Waals surface area (Å²) < 4.78 is 14.5. The molecule has 6 aromatic rings. The van der Waals surface area contributed by atoms with Crippen LogP contribution in [0.3, 0.4) is 0 Å². The maximum Gasteiger partial charge on any atom is 0.275 e. The summed E-state index contributed by atoms with van der Waals surface area (Å²) in [5.41, 5.74) is 5.73. The molecule has 0 atom stereocenters. The van der Waals surface area contributed by atoms with Gasteiger partial charge in [-0.05, 0) is 113 Å². The largest absolute Gasteiger partial charge is 0.381 e. The smallest absolute Gasteiger partial charge is 0.275 e. The number of hydrogen-bond donors (Lipinski definition) is 3. The van der Waals surface area contributed by atoms with Crippen molar-refractivity contribution >= 4 is 80.2 Å². The molecule has 6 aromatic heterocycles. The van der Waals surface area contributed by atoms with Crippen LogP contribution in [0.5, 0.6) is 0 Å². The van der Waals surface area contributed by atoms with Crippen molar-refractivity contribution in [1.82, 2.24) is 49.7 Å². The number of fused-ring (bicyclic) bond motifs is 12. The van der Waals surface area contributed by atoms with E-state index in [2.05, 4.69) is 57.7 Å². The van der Waals surface area contributed by atoms with Gasteiger partial charge in [0.2, 0.25) is 11.1 Å². The van der Waals surface area contributed by atoms with E-state index in [1.165, 1.54) is 29.6 Å². The van der Waals surface area contributed by atoms with Crippen molar-refractivity contribution < 1.29 is 38.2 Å². The zero-order valence-electron chi connectivity index (χ0n) is 42.1. The number of hydrogen-bond acceptors (Lipinski definition) is 17. The molecule has 0 saturated carbocycles. The van der Waals surface area contributed by atoms with E-state index >= 15 is 0 Å². The number of aryl methyl sites for hydroxylation is 2. The quantitative estimate of drug-likeness (QED) is 0.139. The van der Waals surface area contributed by atoms with Crippen molar-refractivity contribution in [1.29, 1.82) is 0 Å². The Kier molecular flexibility index (Phi) is 19.6. The average Bonchev–Trinajstić information content (AvgIpc) is 4.26. The van der Waals surface area contributed by atoms with Crippen LogP contribution in [0.2, 0.25) is 0 Å². The highest BCUT2D eigenvalue weighted by Gasteiger charge is 2.27. The summed E-state index contributed by atoms with van der Waals surface area (Å²) in [6, 6.07) is 8.07. The molecular formula is C52H61ClN12O8S2. The van der Waals surface area contributed by atoms with Gasteiger partial charge in [-0.1, -0.05) is 0 Å². The lowest BCUT2D eigenvalue weighted by Crippen LogP contribution is -2.31. The third-order valence-electron chi connectivity index (χ3n) is 12.9. The normalized spacial score (nSPS) is 17.7. The molecule has 20 nitrogen and oxygen atoms in total. The summed E-state index contributed by atoms with van der Waals surface area (Å²) in [5.74, 6) is -0.983. The molecule has 3 N–H and O–H groups in total. The Bertz CT molecular complexity index is 2950. The molecule has 396 valence electrons. The van der Waals surface area contributed by atoms with Crippen LogP contribution in [0.15, 0.2) is 59.8 Å². The second-order valence-electron chi connectivity index (χ2n) is 18.5. The first-order valence-electron chi connectivity index (χ1n) is 25.3. The predicted octanol–water partition coefficient (Wildman–Crippen LogP) is 8.04. The Labute approximate surface area is 447 Å². The lowest BCUT2D eigenvalue weighted by atomic mass is 10.1. The van der Waals surface area contributed by atoms with E-state index in [4.69, 9.17) is 9.47 Å². The minimum Gasteiger partial charge on any atom is -0.381 e. The van der Waals surface area contributed by atoms with Crippen molar-refractivity contribution in [2.24, 2.45) is 0 Å². The number of ether oxygens (including phenoxy) is 2. The van der Waals surface area contributed by atoms with Crippen LogP contribution >= 0.6 is 34.3 Å². The summed E-state index contributed by atoms with van der Waals surface area (Å²) in [7, 11) is 0. The highest BCUT2D eigenvalue weighted by Crippen LogP contribution is 2.30. The van der Waals surface area contributed by atoms with Crippen LogP contribution in [0.25, 0.3) is 21.1 Å². The summed E-state index contributed by atoms with van der Waals surface area (Å²) in [6.07, 6.45) is 15.4. The number of rotatable bonds is 2. The molecule has 0 unspecified atom stereocenters. The minimum atomic E-state index is -0.388. The van der Waals surface area contributed by atoms with E-state index in [0.29, 0.717) is 88.0 Å². The van der Waals surface area contributed by atoms with E-state index in [9.17, 15) is 28.8 Å². The monoisotopic (exact) mass is 1080 g/mol. The molecule has 0 aliphatic carbocycles. The van der Waals surface area contributed by atoms with Crippen molar-refractivity contribution in [3.63, 3.8) is 0 Å². The van der Waals surface area contributed by atoms with Crippen molar-refractivity contribution in [2.75, 3.05) is 63.2 Å². The second kappa shape index (κ2) is 26.9. The highest BCUT2D eigenvalue weighted by molar-refractivity contribution is 7.13. The van der Waals surface area contributed by atoms with Gasteiger partial charge in [-0.3, -0.25) is 48.1 Å². The summed E-state index contributed by atoms with van der Waals surface area (Å²) in [4.78, 5) is 93.7. The highest BCUT2D eigenvalue weighted by atomic mass is 35.5. The number of halogens is 1. The van der Waals surface area contributed by atoms with Gasteiger partial charge in [-0.2, -0.15) is 10.2 Å². The molecule has 0 aromatic carbocycles. The van der Waals surface area contributed by atoms with E-state index < -0.39 is 0 Å². The zero-order valence-corrected chi connectivity index (χ0v) is 44.4. The number of Topliss-reactive ketones (excluding diaryl/α,β-unsaturated/α-hetero) is 2. The predicted molar refractivity (Wildman–Crippen MR) is 285 cm³/mol. The number of carbonyl (C=O) groups is 6. The number of amides is 3. The number of anilines is 2. The van der Waals surface area contributed by atoms with Crippen LogP contribution in [0, 0.1) is 0 Å². The number of nitrogens with zero attached hydrogens (tertiary/aromatic N) is 9. The van der Waals surface area contributed by atoms with Gasteiger partial charge in [0.1, 0.15) is 21.4 Å². The average molecular weight is 1080 g/mol. The van der Waals surface area contributed by atoms with Gasteiger partial charge in [0.25, 0.3) is 11.8 Å². The Morgan fingerprint density at radius 1 is 0.640 bits per heavy atom. The Morgan fingerprint density at radius 2 is 1.07 bits per heavy atom. The van der Waals surface area contributed by atoms with Gasteiger partial charge in [0, 0.05) is 124 Å². The van der Waals surface area contributed by atoms with E-state index in [1.54, 1.807) is 52.1 Å². The van der Waals surface area contributed by atoms with Gasteiger partial charge < -0.3 is 30.3 Å². The van der Waals surface area contributed by atoms with E-state index in [0.717, 1.165) is 90.6 Å². The molecule has 2 fully saturated rings. The second-order valence-corrected chi connectivity index (χ2v) is 20.7. The van der Waals surface area contributed by atoms with Crippen molar-refractivity contribution in [3.8, 4) is 21.1 Å². The number of ketones is 2. The molecule has 23 heteroatoms. The zero-order chi connectivity index (χ0) is 52.7. The summed E-state index contributed by atoms with van der Waals surface area (Å²) in [6.45, 7) is 8.14. The fraction of sp³-hybridized carbons (Fsp3) is 0.462. The third-order valence-corrected chi connectivity index (χ3v) is 14.7. The summed E-state index contributed by atoms with van der Waals surface area (Å²) >= 11 is 7.44. The molecule has 0 spiro atoms. The molecule has 2 saturated heterocycles. The van der Waals surface area contributed by atoms with Crippen LogP contribution in [-0.4, -0.2) is 132 Å². The van der Waals surface area contributed by atoms with Crippen molar-refractivity contribution in [2.45, 2.75) is 103 Å². The van der Waals surface area contributed by atoms with Crippen LogP contribution in [0.4, 0.5) is 11.4 Å². The Balaban J connectivity index is 0.000000187. The topological polar surface area (TPSA) is 247 Å². The van der Waals surface area contributed by atoms with Gasteiger partial charge in [0.05, 0.1) is 23.5 Å². The van der Waals surface area contributed by atoms with E-state index in [-0.39, 0.29) is 64.4 Å². The summed E-state index contributed by atoms with van der Waals surface area (Å²) in [5, 5.41) is 23.0. The first-order valence-corrected chi connectivity index (χ1v) is 27.5. The maximum absolute atomic E-state index is 13.2. The molecule has 3 amide bonds. The van der Waals surface area contributed by atoms with E-state index in [1.807, 2.05) is 28.9 Å². The fourth-order valence-electron chi connectivity index (χ4n) is 8.98. The fourth-order valence-corrected chi connectivity index (χ4v) is 10.6. The first kappa shape index (κ1) is 54.8. The number of nitrogens with one attached hydrogen (secondary N) is 3. The van der Waals surface area contributed by atoms with Gasteiger partial charge in [-0.15, -0.1) is 22.7 Å². The SMILES string of the molecule is CC(=O)Cl.CC(=O)N1CCCC(=O)c2nn(C3CCOCC3)cc2NC(=O)c2csc(n2)-c2ccnc(c2)CCC1.O=C1Nc2cn(C3CCOCC3)nc2C(=O)CCCNCCCc2cc(ccn2)-c2nc1cs2. The molecule has 0 radical (unpaired) electrons. The molecule has 8 bridgehead atoms. The van der Waals surface area contributed by atoms with Crippen LogP contribution in [-0.2, 0) is 31.9 Å². The third kappa shape index (κ3) is 15.4. The van der Waals surface area contributed by atoms with Gasteiger partial charge in [0.15, 0.2) is 23.0 Å².